The Balaban J connectivity index is 2.30. The van der Waals surface area contributed by atoms with Gasteiger partial charge in [0.1, 0.15) is 0 Å². The summed E-state index contributed by atoms with van der Waals surface area (Å²) in [6.07, 6.45) is 2.55. The standard InChI is InChI=1S/C13H17NO2/c1-14(2)11-6-4-10(5-7-11)13(12(15)16)8-3-9-13/h4-7H,3,8-9H2,1-2H3,(H,15,16). The molecule has 0 heterocycles. The molecule has 86 valence electrons. The maximum absolute atomic E-state index is 11.3. The van der Waals surface area contributed by atoms with Gasteiger partial charge in [-0.1, -0.05) is 18.6 Å². The van der Waals surface area contributed by atoms with Gasteiger partial charge in [-0.25, -0.2) is 0 Å². The first-order valence-electron chi connectivity index (χ1n) is 5.57. The van der Waals surface area contributed by atoms with Crippen LogP contribution in [0.4, 0.5) is 5.69 Å². The van der Waals surface area contributed by atoms with Crippen LogP contribution in [0.1, 0.15) is 24.8 Å². The Bertz CT molecular complexity index is 391. The first kappa shape index (κ1) is 11.0. The zero-order valence-corrected chi connectivity index (χ0v) is 9.73. The molecule has 0 radical (unpaired) electrons. The number of aliphatic carboxylic acids is 1. The summed E-state index contributed by atoms with van der Waals surface area (Å²) < 4.78 is 0. The number of carboxylic acid groups (broad SMARTS) is 1. The molecule has 0 amide bonds. The number of hydrogen-bond donors (Lipinski definition) is 1. The normalized spacial score (nSPS) is 17.6. The van der Waals surface area contributed by atoms with Gasteiger partial charge in [0.2, 0.25) is 0 Å². The van der Waals surface area contributed by atoms with Gasteiger partial charge < -0.3 is 10.0 Å². The monoisotopic (exact) mass is 219 g/mol. The number of anilines is 1. The molecule has 0 saturated heterocycles. The molecule has 1 aromatic rings. The summed E-state index contributed by atoms with van der Waals surface area (Å²) in [6, 6.07) is 7.86. The topological polar surface area (TPSA) is 40.5 Å². The average Bonchev–Trinajstić information content (AvgIpc) is 2.16. The van der Waals surface area contributed by atoms with Gasteiger partial charge in [-0.2, -0.15) is 0 Å². The number of rotatable bonds is 3. The molecule has 0 bridgehead atoms. The van der Waals surface area contributed by atoms with E-state index < -0.39 is 11.4 Å². The van der Waals surface area contributed by atoms with Gasteiger partial charge in [0.05, 0.1) is 5.41 Å². The van der Waals surface area contributed by atoms with Crippen LogP contribution in [0.5, 0.6) is 0 Å². The van der Waals surface area contributed by atoms with Crippen LogP contribution in [-0.2, 0) is 10.2 Å². The van der Waals surface area contributed by atoms with Crippen molar-refractivity contribution in [3.63, 3.8) is 0 Å². The van der Waals surface area contributed by atoms with E-state index in [1.54, 1.807) is 0 Å². The van der Waals surface area contributed by atoms with E-state index in [-0.39, 0.29) is 0 Å². The van der Waals surface area contributed by atoms with Crippen LogP contribution in [0.2, 0.25) is 0 Å². The summed E-state index contributed by atoms with van der Waals surface area (Å²) in [5, 5.41) is 9.31. The quantitative estimate of drug-likeness (QED) is 0.847. The minimum Gasteiger partial charge on any atom is -0.481 e. The third-order valence-corrected chi connectivity index (χ3v) is 3.55. The molecule has 1 aliphatic rings. The molecule has 0 spiro atoms. The number of carboxylic acids is 1. The van der Waals surface area contributed by atoms with E-state index in [0.29, 0.717) is 0 Å². The van der Waals surface area contributed by atoms with Crippen LogP contribution in [0.15, 0.2) is 24.3 Å². The number of carbonyl (C=O) groups is 1. The predicted octanol–water partition coefficient (Wildman–Crippen LogP) is 2.26. The van der Waals surface area contributed by atoms with E-state index in [2.05, 4.69) is 0 Å². The van der Waals surface area contributed by atoms with Gasteiger partial charge >= 0.3 is 5.97 Å². The molecular weight excluding hydrogens is 202 g/mol. The number of hydrogen-bond acceptors (Lipinski definition) is 2. The highest BCUT2D eigenvalue weighted by Crippen LogP contribution is 2.44. The summed E-state index contributed by atoms with van der Waals surface area (Å²) in [7, 11) is 3.95. The predicted molar refractivity (Wildman–Crippen MR) is 63.9 cm³/mol. The molecule has 1 N–H and O–H groups in total. The van der Waals surface area contributed by atoms with Crippen LogP contribution in [-0.4, -0.2) is 25.2 Å². The lowest BCUT2D eigenvalue weighted by atomic mass is 9.64. The Labute approximate surface area is 95.7 Å². The van der Waals surface area contributed by atoms with Crippen molar-refractivity contribution in [1.82, 2.24) is 0 Å². The third-order valence-electron chi connectivity index (χ3n) is 3.55. The van der Waals surface area contributed by atoms with Crippen LogP contribution in [0, 0.1) is 0 Å². The van der Waals surface area contributed by atoms with E-state index in [9.17, 15) is 9.90 Å². The molecule has 1 aromatic carbocycles. The van der Waals surface area contributed by atoms with Crippen molar-refractivity contribution in [3.8, 4) is 0 Å². The maximum atomic E-state index is 11.3. The number of nitrogens with zero attached hydrogens (tertiary/aromatic N) is 1. The van der Waals surface area contributed by atoms with Crippen LogP contribution in [0.3, 0.4) is 0 Å². The molecule has 0 aromatic heterocycles. The Hall–Kier alpha value is -1.51. The van der Waals surface area contributed by atoms with Crippen LogP contribution < -0.4 is 4.90 Å². The van der Waals surface area contributed by atoms with Crippen molar-refractivity contribution in [2.24, 2.45) is 0 Å². The molecule has 0 aliphatic heterocycles. The Morgan fingerprint density at radius 1 is 1.25 bits per heavy atom. The largest absolute Gasteiger partial charge is 0.481 e. The Morgan fingerprint density at radius 2 is 1.81 bits per heavy atom. The van der Waals surface area contributed by atoms with Crippen molar-refractivity contribution in [3.05, 3.63) is 29.8 Å². The molecular formula is C13H17NO2. The summed E-state index contributed by atoms with van der Waals surface area (Å²) in [4.78, 5) is 13.3. The summed E-state index contributed by atoms with van der Waals surface area (Å²) in [6.45, 7) is 0. The van der Waals surface area contributed by atoms with Gasteiger partial charge in [0, 0.05) is 19.8 Å². The van der Waals surface area contributed by atoms with E-state index >= 15 is 0 Å². The van der Waals surface area contributed by atoms with E-state index in [1.165, 1.54) is 0 Å². The second kappa shape index (κ2) is 3.81. The molecule has 0 unspecified atom stereocenters. The highest BCUT2D eigenvalue weighted by molar-refractivity contribution is 5.82. The molecule has 1 fully saturated rings. The van der Waals surface area contributed by atoms with Gasteiger partial charge in [-0.05, 0) is 30.5 Å². The lowest BCUT2D eigenvalue weighted by Gasteiger charge is -2.38. The lowest BCUT2D eigenvalue weighted by molar-refractivity contribution is -0.147. The average molecular weight is 219 g/mol. The molecule has 2 rings (SSSR count). The van der Waals surface area contributed by atoms with Crippen LogP contribution >= 0.6 is 0 Å². The summed E-state index contributed by atoms with van der Waals surface area (Å²) in [5.41, 5.74) is 1.44. The van der Waals surface area contributed by atoms with E-state index in [4.69, 9.17) is 0 Å². The smallest absolute Gasteiger partial charge is 0.314 e. The molecule has 16 heavy (non-hydrogen) atoms. The summed E-state index contributed by atoms with van der Waals surface area (Å²) >= 11 is 0. The fourth-order valence-electron chi connectivity index (χ4n) is 2.23. The zero-order valence-electron chi connectivity index (χ0n) is 9.73. The minimum absolute atomic E-state index is 0.606. The zero-order chi connectivity index (χ0) is 11.8. The Morgan fingerprint density at radius 3 is 2.12 bits per heavy atom. The van der Waals surface area contributed by atoms with Crippen molar-refractivity contribution in [1.29, 1.82) is 0 Å². The fraction of sp³-hybridized carbons (Fsp3) is 0.462. The highest BCUT2D eigenvalue weighted by Gasteiger charge is 2.45. The first-order chi connectivity index (χ1) is 7.56. The summed E-state index contributed by atoms with van der Waals surface area (Å²) in [5.74, 6) is -0.684. The van der Waals surface area contributed by atoms with Crippen molar-refractivity contribution >= 4 is 11.7 Å². The Kier molecular flexibility index (Phi) is 2.62. The highest BCUT2D eigenvalue weighted by atomic mass is 16.4. The second-order valence-corrected chi connectivity index (χ2v) is 4.68. The second-order valence-electron chi connectivity index (χ2n) is 4.68. The number of benzene rings is 1. The maximum Gasteiger partial charge on any atom is 0.314 e. The van der Waals surface area contributed by atoms with Gasteiger partial charge in [0.15, 0.2) is 0 Å². The van der Waals surface area contributed by atoms with E-state index in [0.717, 1.165) is 30.5 Å². The SMILES string of the molecule is CN(C)c1ccc(C2(C(=O)O)CCC2)cc1. The molecule has 3 nitrogen and oxygen atoms in total. The van der Waals surface area contributed by atoms with Crippen molar-refractivity contribution in [2.45, 2.75) is 24.7 Å². The lowest BCUT2D eigenvalue weighted by Crippen LogP contribution is -2.42. The van der Waals surface area contributed by atoms with Crippen LogP contribution in [0.25, 0.3) is 0 Å². The van der Waals surface area contributed by atoms with Gasteiger partial charge in [0.25, 0.3) is 0 Å². The fourth-order valence-corrected chi connectivity index (χ4v) is 2.23. The van der Waals surface area contributed by atoms with Gasteiger partial charge in [-0.15, -0.1) is 0 Å². The van der Waals surface area contributed by atoms with Crippen molar-refractivity contribution in [2.75, 3.05) is 19.0 Å². The van der Waals surface area contributed by atoms with Crippen molar-refractivity contribution < 1.29 is 9.90 Å². The van der Waals surface area contributed by atoms with E-state index in [1.807, 2.05) is 43.3 Å². The van der Waals surface area contributed by atoms with Gasteiger partial charge in [-0.3, -0.25) is 4.79 Å². The molecule has 0 atom stereocenters. The minimum atomic E-state index is -0.684. The first-order valence-corrected chi connectivity index (χ1v) is 5.57. The molecule has 3 heteroatoms. The molecule has 1 saturated carbocycles. The molecule has 1 aliphatic carbocycles. The third kappa shape index (κ3) is 1.56.